The lowest BCUT2D eigenvalue weighted by Gasteiger charge is -2.38. The predicted molar refractivity (Wildman–Crippen MR) is 67.9 cm³/mol. The number of carboxylic acid groups (broad SMARTS) is 1. The number of nitrogens with one attached hydrogen (secondary N) is 1. The zero-order chi connectivity index (χ0) is 12.3. The van der Waals surface area contributed by atoms with Gasteiger partial charge in [-0.05, 0) is 43.9 Å². The van der Waals surface area contributed by atoms with Gasteiger partial charge in [0.1, 0.15) is 6.04 Å². The van der Waals surface area contributed by atoms with Gasteiger partial charge >= 0.3 is 5.97 Å². The Balaban J connectivity index is 1.90. The molecule has 2 fully saturated rings. The summed E-state index contributed by atoms with van der Waals surface area (Å²) in [4.78, 5) is 11.0. The van der Waals surface area contributed by atoms with Crippen LogP contribution >= 0.6 is 0 Å². The van der Waals surface area contributed by atoms with Gasteiger partial charge in [-0.3, -0.25) is 4.79 Å². The monoisotopic (exact) mass is 239 g/mol. The van der Waals surface area contributed by atoms with Crippen molar-refractivity contribution in [1.82, 2.24) is 5.32 Å². The van der Waals surface area contributed by atoms with Gasteiger partial charge in [0.2, 0.25) is 0 Å². The summed E-state index contributed by atoms with van der Waals surface area (Å²) in [6.45, 7) is 2.28. The lowest BCUT2D eigenvalue weighted by molar-refractivity contribution is -0.140. The maximum atomic E-state index is 11.0. The van der Waals surface area contributed by atoms with Crippen LogP contribution in [0.5, 0.6) is 0 Å². The molecule has 3 heteroatoms. The first-order valence-corrected chi connectivity index (χ1v) is 7.19. The first kappa shape index (κ1) is 12.9. The molecule has 2 rings (SSSR count). The Morgan fingerprint density at radius 1 is 1.24 bits per heavy atom. The second kappa shape index (κ2) is 5.85. The molecule has 2 N–H and O–H groups in total. The molecule has 98 valence electrons. The Kier molecular flexibility index (Phi) is 4.43. The fourth-order valence-corrected chi connectivity index (χ4v) is 3.60. The lowest BCUT2D eigenvalue weighted by Crippen LogP contribution is -2.50. The largest absolute Gasteiger partial charge is 0.480 e. The molecule has 3 nitrogen and oxygen atoms in total. The fourth-order valence-electron chi connectivity index (χ4n) is 3.60. The Morgan fingerprint density at radius 2 is 2.00 bits per heavy atom. The molecule has 17 heavy (non-hydrogen) atoms. The quantitative estimate of drug-likeness (QED) is 0.796. The number of piperidine rings is 1. The number of rotatable bonds is 3. The third-order valence-electron chi connectivity index (χ3n) is 4.69. The highest BCUT2D eigenvalue weighted by molar-refractivity contribution is 5.73. The van der Waals surface area contributed by atoms with Crippen molar-refractivity contribution in [3.8, 4) is 0 Å². The van der Waals surface area contributed by atoms with Gasteiger partial charge in [-0.2, -0.15) is 0 Å². The van der Waals surface area contributed by atoms with Gasteiger partial charge < -0.3 is 10.4 Å². The highest BCUT2D eigenvalue weighted by Gasteiger charge is 2.33. The van der Waals surface area contributed by atoms with Crippen molar-refractivity contribution in [2.75, 3.05) is 0 Å². The summed E-state index contributed by atoms with van der Waals surface area (Å²) in [7, 11) is 0. The van der Waals surface area contributed by atoms with Crippen LogP contribution in [0.25, 0.3) is 0 Å². The first-order chi connectivity index (χ1) is 8.20. The molecule has 1 aliphatic carbocycles. The molecule has 4 unspecified atom stereocenters. The molecule has 0 aromatic heterocycles. The van der Waals surface area contributed by atoms with E-state index >= 15 is 0 Å². The van der Waals surface area contributed by atoms with Crippen LogP contribution in [0.3, 0.4) is 0 Å². The number of hydrogen-bond donors (Lipinski definition) is 2. The van der Waals surface area contributed by atoms with Crippen molar-refractivity contribution in [3.63, 3.8) is 0 Å². The van der Waals surface area contributed by atoms with Crippen LogP contribution in [-0.4, -0.2) is 23.2 Å². The molecule has 0 radical (unpaired) electrons. The summed E-state index contributed by atoms with van der Waals surface area (Å²) < 4.78 is 0. The Morgan fingerprint density at radius 3 is 2.71 bits per heavy atom. The van der Waals surface area contributed by atoms with E-state index in [1.54, 1.807) is 0 Å². The molecule has 1 saturated carbocycles. The average Bonchev–Trinajstić information content (AvgIpc) is 2.39. The third-order valence-corrected chi connectivity index (χ3v) is 4.69. The topological polar surface area (TPSA) is 49.3 Å². The Hall–Kier alpha value is -0.570. The van der Waals surface area contributed by atoms with Gasteiger partial charge in [0.05, 0.1) is 0 Å². The van der Waals surface area contributed by atoms with Crippen LogP contribution in [0.15, 0.2) is 0 Å². The van der Waals surface area contributed by atoms with E-state index in [1.165, 1.54) is 38.5 Å². The minimum absolute atomic E-state index is 0.296. The van der Waals surface area contributed by atoms with E-state index in [4.69, 9.17) is 5.11 Å². The minimum atomic E-state index is -0.669. The van der Waals surface area contributed by atoms with Gasteiger partial charge in [0.25, 0.3) is 0 Å². The fraction of sp³-hybridized carbons (Fsp3) is 0.929. The van der Waals surface area contributed by atoms with Crippen LogP contribution in [-0.2, 0) is 4.79 Å². The van der Waals surface area contributed by atoms with E-state index in [1.807, 2.05) is 0 Å². The summed E-state index contributed by atoms with van der Waals surface area (Å²) in [5.74, 6) is 0.925. The Bertz CT molecular complexity index is 267. The highest BCUT2D eigenvalue weighted by Crippen LogP contribution is 2.35. The van der Waals surface area contributed by atoms with Crippen molar-refractivity contribution in [2.45, 2.75) is 70.4 Å². The summed E-state index contributed by atoms with van der Waals surface area (Å²) in [6.07, 6.45) is 9.64. The summed E-state index contributed by atoms with van der Waals surface area (Å²) in [5.41, 5.74) is 0. The molecule has 0 bridgehead atoms. The molecule has 1 aliphatic heterocycles. The second-order valence-corrected chi connectivity index (χ2v) is 5.80. The zero-order valence-electron chi connectivity index (χ0n) is 10.8. The molecular formula is C14H25NO2. The number of aliphatic carboxylic acids is 1. The molecule has 1 heterocycles. The third kappa shape index (κ3) is 3.21. The van der Waals surface area contributed by atoms with Crippen molar-refractivity contribution in [2.24, 2.45) is 11.8 Å². The molecule has 4 atom stereocenters. The van der Waals surface area contributed by atoms with E-state index in [9.17, 15) is 4.79 Å². The molecule has 0 aromatic carbocycles. The first-order valence-electron chi connectivity index (χ1n) is 7.19. The van der Waals surface area contributed by atoms with E-state index in [0.29, 0.717) is 6.04 Å². The van der Waals surface area contributed by atoms with Crippen LogP contribution in [0.2, 0.25) is 0 Å². The van der Waals surface area contributed by atoms with Crippen molar-refractivity contribution >= 4 is 5.97 Å². The number of carboxylic acids is 1. The van der Waals surface area contributed by atoms with Crippen LogP contribution in [0.1, 0.15) is 58.3 Å². The van der Waals surface area contributed by atoms with Crippen LogP contribution in [0.4, 0.5) is 0 Å². The summed E-state index contributed by atoms with van der Waals surface area (Å²) >= 11 is 0. The molecule has 0 amide bonds. The van der Waals surface area contributed by atoms with Gasteiger partial charge in [0, 0.05) is 6.04 Å². The smallest absolute Gasteiger partial charge is 0.320 e. The molecular weight excluding hydrogens is 214 g/mol. The number of carbonyl (C=O) groups is 1. The minimum Gasteiger partial charge on any atom is -0.480 e. The van der Waals surface area contributed by atoms with Gasteiger partial charge in [-0.15, -0.1) is 0 Å². The van der Waals surface area contributed by atoms with E-state index in [2.05, 4.69) is 12.2 Å². The molecule has 0 aromatic rings. The number of hydrogen-bond acceptors (Lipinski definition) is 2. The predicted octanol–water partition coefficient (Wildman–Crippen LogP) is 2.80. The van der Waals surface area contributed by atoms with E-state index in [0.717, 1.165) is 24.7 Å². The Labute approximate surface area is 104 Å². The average molecular weight is 239 g/mol. The lowest BCUT2D eigenvalue weighted by atomic mass is 9.74. The summed E-state index contributed by atoms with van der Waals surface area (Å²) in [5, 5.41) is 12.5. The highest BCUT2D eigenvalue weighted by atomic mass is 16.4. The van der Waals surface area contributed by atoms with Crippen molar-refractivity contribution < 1.29 is 9.90 Å². The second-order valence-electron chi connectivity index (χ2n) is 5.80. The SMILES string of the molecule is CCC1CCCC(C2CCCC(C(=O)O)N2)C1. The van der Waals surface area contributed by atoms with E-state index in [-0.39, 0.29) is 6.04 Å². The summed E-state index contributed by atoms with van der Waals surface area (Å²) in [6, 6.07) is 0.162. The van der Waals surface area contributed by atoms with Crippen molar-refractivity contribution in [3.05, 3.63) is 0 Å². The van der Waals surface area contributed by atoms with Gasteiger partial charge in [-0.1, -0.05) is 26.2 Å². The molecule has 1 saturated heterocycles. The van der Waals surface area contributed by atoms with Crippen molar-refractivity contribution in [1.29, 1.82) is 0 Å². The molecule has 0 spiro atoms. The zero-order valence-corrected chi connectivity index (χ0v) is 10.8. The standard InChI is InChI=1S/C14H25NO2/c1-2-10-5-3-6-11(9-10)12-7-4-8-13(15-12)14(16)17/h10-13,15H,2-9H2,1H3,(H,16,17). The van der Waals surface area contributed by atoms with Gasteiger partial charge in [-0.25, -0.2) is 0 Å². The van der Waals surface area contributed by atoms with Crippen LogP contribution in [0, 0.1) is 11.8 Å². The molecule has 2 aliphatic rings. The maximum Gasteiger partial charge on any atom is 0.320 e. The van der Waals surface area contributed by atoms with E-state index < -0.39 is 5.97 Å². The van der Waals surface area contributed by atoms with Gasteiger partial charge in [0.15, 0.2) is 0 Å². The maximum absolute atomic E-state index is 11.0. The normalized spacial score (nSPS) is 38.9. The van der Waals surface area contributed by atoms with Crippen LogP contribution < -0.4 is 5.32 Å².